The number of aryl methyl sites for hydroxylation is 2. The fourth-order valence-corrected chi connectivity index (χ4v) is 4.25. The summed E-state index contributed by atoms with van der Waals surface area (Å²) in [4.78, 5) is 38.3. The van der Waals surface area contributed by atoms with Crippen molar-refractivity contribution in [1.29, 1.82) is 0 Å². The molecule has 0 bridgehead atoms. The predicted octanol–water partition coefficient (Wildman–Crippen LogP) is 3.57. The van der Waals surface area contributed by atoms with E-state index in [2.05, 4.69) is 15.0 Å². The van der Waals surface area contributed by atoms with Gasteiger partial charge >= 0.3 is 5.97 Å². The van der Waals surface area contributed by atoms with E-state index in [4.69, 9.17) is 4.74 Å². The Morgan fingerprint density at radius 2 is 1.80 bits per heavy atom. The molecule has 0 aliphatic rings. The molecule has 0 saturated heterocycles. The summed E-state index contributed by atoms with van der Waals surface area (Å²) in [5.74, 6) is -0.773. The second-order valence-corrected chi connectivity index (χ2v) is 7.87. The van der Waals surface area contributed by atoms with Gasteiger partial charge in [0.2, 0.25) is 0 Å². The molecule has 8 heteroatoms. The predicted molar refractivity (Wildman–Crippen MR) is 115 cm³/mol. The Kier molecular flexibility index (Phi) is 5.41. The molecule has 2 aromatic carbocycles. The molecule has 0 radical (unpaired) electrons. The summed E-state index contributed by atoms with van der Waals surface area (Å²) in [6, 6.07) is 9.16. The minimum atomic E-state index is -0.403. The van der Waals surface area contributed by atoms with Crippen LogP contribution in [0, 0.1) is 13.8 Å². The summed E-state index contributed by atoms with van der Waals surface area (Å²) >= 11 is 1.37. The van der Waals surface area contributed by atoms with Crippen LogP contribution in [0.5, 0.6) is 0 Å². The van der Waals surface area contributed by atoms with Crippen molar-refractivity contribution in [2.45, 2.75) is 27.3 Å². The van der Waals surface area contributed by atoms with Crippen LogP contribution in [0.4, 0.5) is 0 Å². The maximum atomic E-state index is 12.9. The topological polar surface area (TPSA) is 86.4 Å². The lowest BCUT2D eigenvalue weighted by atomic mass is 10.1. The number of benzene rings is 2. The van der Waals surface area contributed by atoms with Crippen molar-refractivity contribution >= 4 is 44.5 Å². The zero-order valence-electron chi connectivity index (χ0n) is 16.9. The Balaban J connectivity index is 1.83. The molecule has 0 spiro atoms. The Bertz CT molecular complexity index is 1350. The monoisotopic (exact) mass is 420 g/mol. The highest BCUT2D eigenvalue weighted by Crippen LogP contribution is 2.22. The van der Waals surface area contributed by atoms with Gasteiger partial charge in [0.15, 0.2) is 4.80 Å². The van der Waals surface area contributed by atoms with Crippen LogP contribution in [0.15, 0.2) is 47.7 Å². The second-order valence-electron chi connectivity index (χ2n) is 6.86. The molecule has 0 aliphatic heterocycles. The van der Waals surface area contributed by atoms with Gasteiger partial charge in [0, 0.05) is 18.0 Å². The van der Waals surface area contributed by atoms with E-state index < -0.39 is 5.91 Å². The lowest BCUT2D eigenvalue weighted by Gasteiger charge is -2.06. The number of carbonyl (C=O) groups excluding carboxylic acids is 2. The molecule has 1 amide bonds. The van der Waals surface area contributed by atoms with Crippen molar-refractivity contribution in [1.82, 2.24) is 14.5 Å². The molecule has 30 heavy (non-hydrogen) atoms. The molecule has 4 rings (SSSR count). The summed E-state index contributed by atoms with van der Waals surface area (Å²) in [5, 5.41) is 0. The van der Waals surface area contributed by atoms with Crippen LogP contribution >= 0.6 is 11.3 Å². The quantitative estimate of drug-likeness (QED) is 0.471. The third kappa shape index (κ3) is 3.86. The van der Waals surface area contributed by atoms with Crippen molar-refractivity contribution in [2.24, 2.45) is 4.99 Å². The van der Waals surface area contributed by atoms with Crippen molar-refractivity contribution in [3.63, 3.8) is 0 Å². The number of rotatable bonds is 4. The molecule has 0 N–H and O–H groups in total. The number of nitrogens with zero attached hydrogens (tertiary/aromatic N) is 4. The molecule has 0 unspecified atom stereocenters. The van der Waals surface area contributed by atoms with Gasteiger partial charge in [-0.1, -0.05) is 11.3 Å². The van der Waals surface area contributed by atoms with E-state index in [-0.39, 0.29) is 12.5 Å². The first-order valence-electron chi connectivity index (χ1n) is 9.52. The minimum Gasteiger partial charge on any atom is -0.465 e. The first-order valence-corrected chi connectivity index (χ1v) is 10.3. The third-order valence-electron chi connectivity index (χ3n) is 4.80. The molecule has 0 saturated carbocycles. The number of fused-ring (bicyclic) bond motifs is 2. The molecule has 0 fully saturated rings. The normalized spacial score (nSPS) is 11.9. The van der Waals surface area contributed by atoms with Gasteiger partial charge < -0.3 is 9.30 Å². The van der Waals surface area contributed by atoms with Gasteiger partial charge in [-0.3, -0.25) is 19.6 Å². The molecular formula is C22H20N4O3S. The molecule has 152 valence electrons. The zero-order valence-corrected chi connectivity index (χ0v) is 17.7. The SMILES string of the molecule is CCOC(=O)Cn1c(=NC(=O)c2ccc3nccnc3c2)sc2cc(C)c(C)cc21. The number of aromatic nitrogens is 3. The highest BCUT2D eigenvalue weighted by Gasteiger charge is 2.14. The Morgan fingerprint density at radius 3 is 2.57 bits per heavy atom. The molecule has 7 nitrogen and oxygen atoms in total. The van der Waals surface area contributed by atoms with Crippen LogP contribution < -0.4 is 4.80 Å². The first kappa shape index (κ1) is 19.9. The van der Waals surface area contributed by atoms with Gasteiger partial charge in [0.1, 0.15) is 6.54 Å². The highest BCUT2D eigenvalue weighted by molar-refractivity contribution is 7.16. The van der Waals surface area contributed by atoms with E-state index >= 15 is 0 Å². The number of hydrogen-bond donors (Lipinski definition) is 0. The summed E-state index contributed by atoms with van der Waals surface area (Å²) in [5.41, 5.74) is 4.84. The largest absolute Gasteiger partial charge is 0.465 e. The maximum absolute atomic E-state index is 12.9. The van der Waals surface area contributed by atoms with E-state index in [9.17, 15) is 9.59 Å². The second kappa shape index (κ2) is 8.16. The number of ether oxygens (including phenoxy) is 1. The first-order chi connectivity index (χ1) is 14.5. The summed E-state index contributed by atoms with van der Waals surface area (Å²) < 4.78 is 7.81. The Hall–Kier alpha value is -3.39. The van der Waals surface area contributed by atoms with Gasteiger partial charge in [-0.15, -0.1) is 0 Å². The van der Waals surface area contributed by atoms with E-state index in [0.29, 0.717) is 28.0 Å². The molecule has 2 aromatic heterocycles. The van der Waals surface area contributed by atoms with Gasteiger partial charge in [0.05, 0.1) is 27.9 Å². The molecule has 2 heterocycles. The van der Waals surface area contributed by atoms with Crippen LogP contribution in [0.2, 0.25) is 0 Å². The van der Waals surface area contributed by atoms with Gasteiger partial charge in [-0.2, -0.15) is 4.99 Å². The van der Waals surface area contributed by atoms with Crippen LogP contribution in [-0.4, -0.2) is 33.0 Å². The van der Waals surface area contributed by atoms with Crippen molar-refractivity contribution in [3.8, 4) is 0 Å². The Labute approximate surface area is 176 Å². The van der Waals surface area contributed by atoms with E-state index in [1.54, 1.807) is 42.1 Å². The summed E-state index contributed by atoms with van der Waals surface area (Å²) in [6.45, 7) is 6.09. The summed E-state index contributed by atoms with van der Waals surface area (Å²) in [6.07, 6.45) is 3.19. The van der Waals surface area contributed by atoms with Crippen LogP contribution in [-0.2, 0) is 16.1 Å². The number of esters is 1. The number of carbonyl (C=O) groups is 2. The van der Waals surface area contributed by atoms with E-state index in [1.807, 2.05) is 26.0 Å². The Morgan fingerprint density at radius 1 is 1.07 bits per heavy atom. The van der Waals surface area contributed by atoms with Crippen molar-refractivity contribution in [3.05, 3.63) is 64.2 Å². The smallest absolute Gasteiger partial charge is 0.326 e. The van der Waals surface area contributed by atoms with Gasteiger partial charge in [0.25, 0.3) is 5.91 Å². The molecular weight excluding hydrogens is 400 g/mol. The minimum absolute atomic E-state index is 0.00828. The fourth-order valence-electron chi connectivity index (χ4n) is 3.14. The average Bonchev–Trinajstić information content (AvgIpc) is 3.04. The van der Waals surface area contributed by atoms with E-state index in [1.165, 1.54) is 11.3 Å². The van der Waals surface area contributed by atoms with Crippen molar-refractivity contribution < 1.29 is 14.3 Å². The maximum Gasteiger partial charge on any atom is 0.326 e. The zero-order chi connectivity index (χ0) is 21.3. The van der Waals surface area contributed by atoms with Gasteiger partial charge in [-0.05, 0) is 62.2 Å². The number of hydrogen-bond acceptors (Lipinski definition) is 6. The highest BCUT2D eigenvalue weighted by atomic mass is 32.1. The van der Waals surface area contributed by atoms with Crippen LogP contribution in [0.1, 0.15) is 28.4 Å². The average molecular weight is 420 g/mol. The molecule has 4 aromatic rings. The van der Waals surface area contributed by atoms with Crippen molar-refractivity contribution in [2.75, 3.05) is 6.61 Å². The van der Waals surface area contributed by atoms with Crippen LogP contribution in [0.3, 0.4) is 0 Å². The van der Waals surface area contributed by atoms with Crippen LogP contribution in [0.25, 0.3) is 21.3 Å². The number of thiazole rings is 1. The lowest BCUT2D eigenvalue weighted by Crippen LogP contribution is -2.23. The third-order valence-corrected chi connectivity index (χ3v) is 5.85. The molecule has 0 atom stereocenters. The standard InChI is InChI=1S/C22H20N4O3S/c1-4-29-20(27)12-26-18-9-13(2)14(3)10-19(18)30-22(26)25-21(28)15-5-6-16-17(11-15)24-8-7-23-16/h5-11H,4,12H2,1-3H3. The molecule has 0 aliphatic carbocycles. The lowest BCUT2D eigenvalue weighted by molar-refractivity contribution is -0.143. The van der Waals surface area contributed by atoms with E-state index in [0.717, 1.165) is 21.3 Å². The fraction of sp³-hybridized carbons (Fsp3) is 0.227. The van der Waals surface area contributed by atoms with Gasteiger partial charge in [-0.25, -0.2) is 0 Å². The number of amides is 1. The summed E-state index contributed by atoms with van der Waals surface area (Å²) in [7, 11) is 0.